The third-order valence-corrected chi connectivity index (χ3v) is 2.93. The van der Waals surface area contributed by atoms with Crippen molar-refractivity contribution in [2.75, 3.05) is 0 Å². The third kappa shape index (κ3) is 3.33. The van der Waals surface area contributed by atoms with Gasteiger partial charge in [-0.25, -0.2) is 4.79 Å². The summed E-state index contributed by atoms with van der Waals surface area (Å²) in [4.78, 5) is 34.4. The number of hydrogen-bond donors (Lipinski definition) is 1. The third-order valence-electron chi connectivity index (χ3n) is 2.93. The lowest BCUT2D eigenvalue weighted by Crippen LogP contribution is -2.12. The predicted molar refractivity (Wildman–Crippen MR) is 81.6 cm³/mol. The zero-order valence-corrected chi connectivity index (χ0v) is 13.1. The molecule has 0 aliphatic carbocycles. The molecule has 2 rings (SSSR count). The molecule has 0 amide bonds. The minimum absolute atomic E-state index is 0.0632. The SMILES string of the molecule is CC.CC(=O)Oc1cc(C(=O)O)cc2oc(C)c(C)c(=O)c12. The molecule has 2 aromatic rings. The summed E-state index contributed by atoms with van der Waals surface area (Å²) < 4.78 is 10.4. The van der Waals surface area contributed by atoms with E-state index < -0.39 is 11.9 Å². The first kappa shape index (κ1) is 17.4. The van der Waals surface area contributed by atoms with Crippen LogP contribution in [-0.2, 0) is 4.79 Å². The second-order valence-corrected chi connectivity index (χ2v) is 4.36. The number of carbonyl (C=O) groups is 2. The smallest absolute Gasteiger partial charge is 0.335 e. The highest BCUT2D eigenvalue weighted by molar-refractivity contribution is 5.96. The first-order chi connectivity index (χ1) is 10.3. The Labute approximate surface area is 127 Å². The Hall–Kier alpha value is -2.63. The monoisotopic (exact) mass is 306 g/mol. The topological polar surface area (TPSA) is 93.8 Å². The predicted octanol–water partition coefficient (Wildman–Crippen LogP) is 3.06. The van der Waals surface area contributed by atoms with Crippen molar-refractivity contribution in [1.29, 1.82) is 0 Å². The van der Waals surface area contributed by atoms with Crippen LogP contribution in [0.25, 0.3) is 11.0 Å². The van der Waals surface area contributed by atoms with Crippen LogP contribution in [0, 0.1) is 13.8 Å². The number of fused-ring (bicyclic) bond motifs is 1. The van der Waals surface area contributed by atoms with Crippen molar-refractivity contribution in [2.45, 2.75) is 34.6 Å². The van der Waals surface area contributed by atoms with Gasteiger partial charge in [-0.2, -0.15) is 0 Å². The number of ether oxygens (including phenoxy) is 1. The number of carboxylic acid groups (broad SMARTS) is 1. The fourth-order valence-corrected chi connectivity index (χ4v) is 1.84. The summed E-state index contributed by atoms with van der Waals surface area (Å²) >= 11 is 0. The molecule has 1 heterocycles. The quantitative estimate of drug-likeness (QED) is 0.677. The lowest BCUT2D eigenvalue weighted by atomic mass is 10.1. The largest absolute Gasteiger partial charge is 0.478 e. The van der Waals surface area contributed by atoms with Crippen LogP contribution in [0.3, 0.4) is 0 Å². The lowest BCUT2D eigenvalue weighted by Gasteiger charge is -2.09. The molecule has 0 saturated carbocycles. The Morgan fingerprint density at radius 2 is 1.77 bits per heavy atom. The van der Waals surface area contributed by atoms with Crippen molar-refractivity contribution in [1.82, 2.24) is 0 Å². The van der Waals surface area contributed by atoms with Crippen molar-refractivity contribution in [2.24, 2.45) is 0 Å². The lowest BCUT2D eigenvalue weighted by molar-refractivity contribution is -0.131. The van der Waals surface area contributed by atoms with E-state index in [1.807, 2.05) is 13.8 Å². The molecule has 0 aliphatic rings. The van der Waals surface area contributed by atoms with E-state index in [0.29, 0.717) is 11.3 Å². The summed E-state index contributed by atoms with van der Waals surface area (Å²) in [6.45, 7) is 8.36. The number of carbonyl (C=O) groups excluding carboxylic acids is 1. The summed E-state index contributed by atoms with van der Waals surface area (Å²) in [7, 11) is 0. The van der Waals surface area contributed by atoms with Crippen LogP contribution in [0.4, 0.5) is 0 Å². The molecule has 0 bridgehead atoms. The Bertz CT molecular complexity index is 785. The minimum Gasteiger partial charge on any atom is -0.478 e. The normalized spacial score (nSPS) is 9.86. The van der Waals surface area contributed by atoms with Gasteiger partial charge in [0.2, 0.25) is 0 Å². The maximum Gasteiger partial charge on any atom is 0.335 e. The van der Waals surface area contributed by atoms with E-state index in [9.17, 15) is 14.4 Å². The Morgan fingerprint density at radius 1 is 1.18 bits per heavy atom. The van der Waals surface area contributed by atoms with Crippen molar-refractivity contribution in [3.05, 3.63) is 39.2 Å². The number of rotatable bonds is 2. The van der Waals surface area contributed by atoms with Gasteiger partial charge in [0.25, 0.3) is 0 Å². The van der Waals surface area contributed by atoms with Gasteiger partial charge in [-0.05, 0) is 26.0 Å². The van der Waals surface area contributed by atoms with Crippen molar-refractivity contribution >= 4 is 22.9 Å². The summed E-state index contributed by atoms with van der Waals surface area (Å²) in [5.74, 6) is -1.57. The van der Waals surface area contributed by atoms with Crippen molar-refractivity contribution in [3.8, 4) is 5.75 Å². The molecule has 1 aromatic heterocycles. The van der Waals surface area contributed by atoms with Crippen molar-refractivity contribution < 1.29 is 23.8 Å². The summed E-state index contributed by atoms with van der Waals surface area (Å²) in [6, 6.07) is 2.37. The van der Waals surface area contributed by atoms with Gasteiger partial charge < -0.3 is 14.3 Å². The van der Waals surface area contributed by atoms with Gasteiger partial charge in [0.05, 0.1) is 5.56 Å². The Kier molecular flexibility index (Phi) is 5.45. The van der Waals surface area contributed by atoms with Gasteiger partial charge in [0.15, 0.2) is 5.43 Å². The fourth-order valence-electron chi connectivity index (χ4n) is 1.84. The van der Waals surface area contributed by atoms with E-state index in [-0.39, 0.29) is 27.7 Å². The molecule has 6 heteroatoms. The van der Waals surface area contributed by atoms with E-state index in [1.165, 1.54) is 13.0 Å². The highest BCUT2D eigenvalue weighted by Gasteiger charge is 2.18. The van der Waals surface area contributed by atoms with Crippen LogP contribution >= 0.6 is 0 Å². The van der Waals surface area contributed by atoms with Gasteiger partial charge in [0.1, 0.15) is 22.5 Å². The molecular formula is C16H18O6. The van der Waals surface area contributed by atoms with Crippen LogP contribution in [0.5, 0.6) is 5.75 Å². The standard InChI is InChI=1S/C14H12O6.C2H6/c1-6-7(2)19-10-4-9(14(17)18)5-11(20-8(3)15)12(10)13(6)16;1-2/h4-5H,1-3H3,(H,17,18);1-2H3. The highest BCUT2D eigenvalue weighted by atomic mass is 16.5. The number of esters is 1. The average molecular weight is 306 g/mol. The Balaban J connectivity index is 0.00000116. The number of benzene rings is 1. The molecule has 0 saturated heterocycles. The number of aromatic carboxylic acids is 1. The van der Waals surface area contributed by atoms with E-state index in [4.69, 9.17) is 14.3 Å². The molecule has 1 N–H and O–H groups in total. The molecule has 6 nitrogen and oxygen atoms in total. The fraction of sp³-hybridized carbons (Fsp3) is 0.312. The summed E-state index contributed by atoms with van der Waals surface area (Å²) in [5, 5.41) is 9.10. The van der Waals surface area contributed by atoms with Gasteiger partial charge in [-0.1, -0.05) is 13.8 Å². The number of hydrogen-bond acceptors (Lipinski definition) is 5. The number of aryl methyl sites for hydroxylation is 1. The van der Waals surface area contributed by atoms with Crippen LogP contribution < -0.4 is 10.2 Å². The first-order valence-electron chi connectivity index (χ1n) is 6.81. The van der Waals surface area contributed by atoms with Crippen LogP contribution in [0.1, 0.15) is 42.5 Å². The first-order valence-corrected chi connectivity index (χ1v) is 6.81. The molecule has 0 aliphatic heterocycles. The molecule has 118 valence electrons. The van der Waals surface area contributed by atoms with E-state index in [0.717, 1.165) is 6.07 Å². The summed E-state index contributed by atoms with van der Waals surface area (Å²) in [6.07, 6.45) is 0. The van der Waals surface area contributed by atoms with E-state index >= 15 is 0 Å². The van der Waals surface area contributed by atoms with E-state index in [2.05, 4.69) is 0 Å². The molecule has 0 fully saturated rings. The van der Waals surface area contributed by atoms with Gasteiger partial charge in [-0.15, -0.1) is 0 Å². The average Bonchev–Trinajstić information content (AvgIpc) is 2.45. The van der Waals surface area contributed by atoms with Crippen LogP contribution in [0.15, 0.2) is 21.3 Å². The zero-order chi connectivity index (χ0) is 17.0. The number of carboxylic acids is 1. The Morgan fingerprint density at radius 3 is 2.27 bits per heavy atom. The maximum atomic E-state index is 12.2. The molecule has 0 radical (unpaired) electrons. The molecule has 22 heavy (non-hydrogen) atoms. The second-order valence-electron chi connectivity index (χ2n) is 4.36. The summed E-state index contributed by atoms with van der Waals surface area (Å²) in [5.41, 5.74) is -0.0136. The highest BCUT2D eigenvalue weighted by Crippen LogP contribution is 2.27. The van der Waals surface area contributed by atoms with E-state index in [1.54, 1.807) is 13.8 Å². The molecular weight excluding hydrogens is 288 g/mol. The van der Waals surface area contributed by atoms with Gasteiger partial charge >= 0.3 is 11.9 Å². The van der Waals surface area contributed by atoms with Crippen LogP contribution in [-0.4, -0.2) is 17.0 Å². The second kappa shape index (κ2) is 6.89. The maximum absolute atomic E-state index is 12.2. The molecule has 0 unspecified atom stereocenters. The molecule has 1 aromatic carbocycles. The van der Waals surface area contributed by atoms with Crippen molar-refractivity contribution in [3.63, 3.8) is 0 Å². The molecule has 0 atom stereocenters. The van der Waals surface area contributed by atoms with Gasteiger partial charge in [-0.3, -0.25) is 9.59 Å². The zero-order valence-electron chi connectivity index (χ0n) is 13.1. The van der Waals surface area contributed by atoms with Crippen LogP contribution in [0.2, 0.25) is 0 Å². The molecule has 0 spiro atoms. The van der Waals surface area contributed by atoms with Gasteiger partial charge in [0, 0.05) is 12.5 Å². The minimum atomic E-state index is -1.21.